The number of benzene rings is 1. The van der Waals surface area contributed by atoms with E-state index in [1.807, 2.05) is 40.6 Å². The zero-order valence-electron chi connectivity index (χ0n) is 18.2. The smallest absolute Gasteiger partial charge is 0.269 e. The molecule has 0 bridgehead atoms. The van der Waals surface area contributed by atoms with E-state index in [-0.39, 0.29) is 18.1 Å². The fourth-order valence-electron chi connectivity index (χ4n) is 3.89. The van der Waals surface area contributed by atoms with Gasteiger partial charge in [0.05, 0.1) is 5.69 Å². The Morgan fingerprint density at radius 3 is 2.74 bits per heavy atom. The lowest BCUT2D eigenvalue weighted by atomic mass is 10.0. The van der Waals surface area contributed by atoms with Gasteiger partial charge in [0.25, 0.3) is 5.91 Å². The molecule has 2 N–H and O–H groups in total. The van der Waals surface area contributed by atoms with E-state index < -0.39 is 0 Å². The van der Waals surface area contributed by atoms with Crippen LogP contribution in [-0.4, -0.2) is 35.4 Å². The van der Waals surface area contributed by atoms with Crippen LogP contribution < -0.4 is 15.6 Å². The van der Waals surface area contributed by atoms with Gasteiger partial charge >= 0.3 is 0 Å². The van der Waals surface area contributed by atoms with Crippen molar-refractivity contribution in [3.05, 3.63) is 46.2 Å². The van der Waals surface area contributed by atoms with E-state index in [1.165, 1.54) is 16.9 Å². The van der Waals surface area contributed by atoms with Crippen LogP contribution in [0.1, 0.15) is 67.6 Å². The summed E-state index contributed by atoms with van der Waals surface area (Å²) in [6.45, 7) is 7.08. The average molecular weight is 440 g/mol. The van der Waals surface area contributed by atoms with Gasteiger partial charge in [-0.25, -0.2) is 0 Å². The number of thiophene rings is 1. The first-order valence-electron chi connectivity index (χ1n) is 10.9. The zero-order chi connectivity index (χ0) is 22.0. The Kier molecular flexibility index (Phi) is 6.27. The quantitative estimate of drug-likeness (QED) is 0.632. The van der Waals surface area contributed by atoms with E-state index in [4.69, 9.17) is 0 Å². The van der Waals surface area contributed by atoms with Crippen molar-refractivity contribution in [2.75, 3.05) is 16.8 Å². The molecule has 2 aromatic rings. The zero-order valence-corrected chi connectivity index (χ0v) is 19.0. The van der Waals surface area contributed by atoms with Crippen molar-refractivity contribution in [1.82, 2.24) is 10.3 Å². The van der Waals surface area contributed by atoms with Crippen molar-refractivity contribution < 1.29 is 9.59 Å². The third-order valence-corrected chi connectivity index (χ3v) is 6.57. The SMILES string of the molecule is CCCCN1C(=O)c2sccc2N2C(CCC(=O)Nc3ccc(C(C)C)cc3)=NNC12. The molecule has 1 atom stereocenters. The summed E-state index contributed by atoms with van der Waals surface area (Å²) in [5.41, 5.74) is 6.03. The van der Waals surface area contributed by atoms with Gasteiger partial charge in [-0.1, -0.05) is 39.3 Å². The predicted molar refractivity (Wildman–Crippen MR) is 125 cm³/mol. The van der Waals surface area contributed by atoms with Crippen LogP contribution in [-0.2, 0) is 4.79 Å². The number of anilines is 2. The number of rotatable bonds is 8. The molecule has 7 nitrogen and oxygen atoms in total. The Morgan fingerprint density at radius 1 is 1.26 bits per heavy atom. The number of hydrogen-bond acceptors (Lipinski definition) is 6. The molecule has 164 valence electrons. The number of hydrogen-bond donors (Lipinski definition) is 2. The summed E-state index contributed by atoms with van der Waals surface area (Å²) in [5.74, 6) is 1.24. The number of nitrogens with zero attached hydrogens (tertiary/aromatic N) is 3. The molecule has 0 saturated carbocycles. The monoisotopic (exact) mass is 439 g/mol. The van der Waals surface area contributed by atoms with E-state index in [9.17, 15) is 9.59 Å². The summed E-state index contributed by atoms with van der Waals surface area (Å²) >= 11 is 1.46. The summed E-state index contributed by atoms with van der Waals surface area (Å²) < 4.78 is 0. The van der Waals surface area contributed by atoms with E-state index >= 15 is 0 Å². The molecule has 2 aliphatic heterocycles. The predicted octanol–water partition coefficient (Wildman–Crippen LogP) is 4.55. The summed E-state index contributed by atoms with van der Waals surface area (Å²) in [7, 11) is 0. The van der Waals surface area contributed by atoms with Crippen LogP contribution in [0.5, 0.6) is 0 Å². The van der Waals surface area contributed by atoms with Crippen molar-refractivity contribution >= 4 is 40.4 Å². The lowest BCUT2D eigenvalue weighted by molar-refractivity contribution is -0.116. The fourth-order valence-corrected chi connectivity index (χ4v) is 4.73. The normalized spacial score (nSPS) is 17.4. The molecule has 2 aliphatic rings. The minimum atomic E-state index is -0.317. The number of carbonyl (C=O) groups is 2. The first kappa shape index (κ1) is 21.4. The highest BCUT2D eigenvalue weighted by atomic mass is 32.1. The number of fused-ring (bicyclic) bond motifs is 3. The molecule has 0 radical (unpaired) electrons. The Hall–Kier alpha value is -2.87. The van der Waals surface area contributed by atoms with Crippen LogP contribution >= 0.6 is 11.3 Å². The second-order valence-electron chi connectivity index (χ2n) is 8.21. The molecule has 31 heavy (non-hydrogen) atoms. The largest absolute Gasteiger partial charge is 0.326 e. The van der Waals surface area contributed by atoms with Crippen LogP contribution in [0.2, 0.25) is 0 Å². The fraction of sp³-hybridized carbons (Fsp3) is 0.435. The number of unbranched alkanes of at least 4 members (excludes halogenated alkanes) is 1. The molecule has 2 amide bonds. The molecule has 1 unspecified atom stereocenters. The van der Waals surface area contributed by atoms with Crippen LogP contribution in [0.3, 0.4) is 0 Å². The van der Waals surface area contributed by atoms with Gasteiger partial charge in [-0.15, -0.1) is 11.3 Å². The van der Waals surface area contributed by atoms with Crippen LogP contribution in [0.4, 0.5) is 11.4 Å². The Labute approximate surface area is 187 Å². The van der Waals surface area contributed by atoms with Gasteiger partial charge in [0.15, 0.2) is 0 Å². The van der Waals surface area contributed by atoms with Gasteiger partial charge in [-0.05, 0) is 41.5 Å². The molecule has 8 heteroatoms. The number of nitrogens with one attached hydrogen (secondary N) is 2. The summed E-state index contributed by atoms with van der Waals surface area (Å²) in [6, 6.07) is 9.93. The van der Waals surface area contributed by atoms with Gasteiger partial charge in [0, 0.05) is 25.1 Å². The lowest BCUT2D eigenvalue weighted by Gasteiger charge is -2.39. The summed E-state index contributed by atoms with van der Waals surface area (Å²) in [6.07, 6.45) is 2.44. The standard InChI is InChI=1S/C23H29N5O2S/c1-4-5-13-27-22(30)21-18(12-14-31-21)28-19(25-26-23(27)28)10-11-20(29)24-17-8-6-16(7-9-17)15(2)3/h6-9,12,14-15,23,26H,4-5,10-11,13H2,1-3H3,(H,24,29). The highest BCUT2D eigenvalue weighted by Gasteiger charge is 2.43. The minimum absolute atomic E-state index is 0.0474. The van der Waals surface area contributed by atoms with Gasteiger partial charge in [-0.3, -0.25) is 24.8 Å². The summed E-state index contributed by atoms with van der Waals surface area (Å²) in [5, 5.41) is 9.39. The summed E-state index contributed by atoms with van der Waals surface area (Å²) in [4.78, 5) is 30.1. The maximum Gasteiger partial charge on any atom is 0.269 e. The molecular weight excluding hydrogens is 410 g/mol. The molecule has 1 aromatic carbocycles. The van der Waals surface area contributed by atoms with Gasteiger partial charge < -0.3 is 5.32 Å². The lowest BCUT2D eigenvalue weighted by Crippen LogP contribution is -2.58. The molecular formula is C23H29N5O2S. The third-order valence-electron chi connectivity index (χ3n) is 5.68. The molecule has 0 spiro atoms. The van der Waals surface area contributed by atoms with Crippen LogP contribution in [0.25, 0.3) is 0 Å². The Balaban J connectivity index is 1.41. The van der Waals surface area contributed by atoms with Crippen molar-refractivity contribution in [2.45, 2.75) is 58.7 Å². The van der Waals surface area contributed by atoms with Gasteiger partial charge in [-0.2, -0.15) is 5.10 Å². The van der Waals surface area contributed by atoms with Crippen LogP contribution in [0, 0.1) is 0 Å². The number of amidine groups is 1. The Bertz CT molecular complexity index is 982. The highest BCUT2D eigenvalue weighted by Crippen LogP contribution is 2.37. The first-order chi connectivity index (χ1) is 15.0. The second kappa shape index (κ2) is 9.09. The van der Waals surface area contributed by atoms with Crippen molar-refractivity contribution in [1.29, 1.82) is 0 Å². The average Bonchev–Trinajstić information content (AvgIpc) is 3.40. The molecule has 1 aromatic heterocycles. The number of hydrazone groups is 1. The number of amides is 2. The van der Waals surface area contributed by atoms with Crippen molar-refractivity contribution in [3.63, 3.8) is 0 Å². The molecule has 4 rings (SSSR count). The van der Waals surface area contributed by atoms with E-state index in [2.05, 4.69) is 41.5 Å². The Morgan fingerprint density at radius 2 is 2.03 bits per heavy atom. The molecule has 0 aliphatic carbocycles. The van der Waals surface area contributed by atoms with E-state index in [1.54, 1.807) is 0 Å². The number of carbonyl (C=O) groups excluding carboxylic acids is 2. The molecule has 3 heterocycles. The van der Waals surface area contributed by atoms with E-state index in [0.717, 1.165) is 34.9 Å². The maximum atomic E-state index is 12.9. The topological polar surface area (TPSA) is 77.0 Å². The van der Waals surface area contributed by atoms with Crippen LogP contribution in [0.15, 0.2) is 40.8 Å². The van der Waals surface area contributed by atoms with Gasteiger partial charge in [0.2, 0.25) is 12.2 Å². The first-order valence-corrected chi connectivity index (χ1v) is 11.8. The molecule has 0 saturated heterocycles. The molecule has 0 fully saturated rings. The highest BCUT2D eigenvalue weighted by molar-refractivity contribution is 7.12. The minimum Gasteiger partial charge on any atom is -0.326 e. The van der Waals surface area contributed by atoms with E-state index in [0.29, 0.717) is 25.3 Å². The van der Waals surface area contributed by atoms with Crippen molar-refractivity contribution in [2.24, 2.45) is 5.10 Å². The second-order valence-corrected chi connectivity index (χ2v) is 9.13. The van der Waals surface area contributed by atoms with Gasteiger partial charge in [0.1, 0.15) is 10.7 Å². The van der Waals surface area contributed by atoms with Crippen molar-refractivity contribution in [3.8, 4) is 0 Å². The third kappa shape index (κ3) is 4.30. The maximum absolute atomic E-state index is 12.9.